The van der Waals surface area contributed by atoms with Crippen LogP contribution in [0.5, 0.6) is 5.75 Å². The van der Waals surface area contributed by atoms with Crippen molar-refractivity contribution in [3.63, 3.8) is 0 Å². The minimum Gasteiger partial charge on any atom is -0.541 e. The summed E-state index contributed by atoms with van der Waals surface area (Å²) in [6, 6.07) is 11.3. The van der Waals surface area contributed by atoms with Gasteiger partial charge in [0, 0.05) is 27.4 Å². The smallest absolute Gasteiger partial charge is 0.260 e. The Morgan fingerprint density at radius 1 is 0.971 bits per heavy atom. The van der Waals surface area contributed by atoms with Crippen LogP contribution in [0.15, 0.2) is 42.6 Å². The van der Waals surface area contributed by atoms with E-state index in [-0.39, 0.29) is 5.91 Å². The molecule has 0 radical (unpaired) electrons. The summed E-state index contributed by atoms with van der Waals surface area (Å²) in [5.74, 6) is -0.0486. The van der Waals surface area contributed by atoms with Crippen LogP contribution in [0.2, 0.25) is 16.6 Å². The Labute approximate surface area is 217 Å². The quantitative estimate of drug-likeness (QED) is 0.118. The van der Waals surface area contributed by atoms with Gasteiger partial charge in [0.05, 0.1) is 11.3 Å². The Bertz CT molecular complexity index is 1110. The van der Waals surface area contributed by atoms with Crippen molar-refractivity contribution in [1.29, 1.82) is 0 Å². The van der Waals surface area contributed by atoms with Crippen LogP contribution in [0.1, 0.15) is 63.0 Å². The number of nitrogens with two attached hydrogens (primary N) is 1. The maximum absolute atomic E-state index is 12.5. The first-order chi connectivity index (χ1) is 16.0. The second-order valence-electron chi connectivity index (χ2n) is 9.70. The van der Waals surface area contributed by atoms with Crippen molar-refractivity contribution in [2.24, 2.45) is 0 Å². The second-order valence-corrected chi connectivity index (χ2v) is 16.3. The van der Waals surface area contributed by atoms with Crippen molar-refractivity contribution >= 4 is 54.0 Å². The first kappa shape index (κ1) is 26.3. The van der Waals surface area contributed by atoms with Gasteiger partial charge in [-0.05, 0) is 75.1 Å². The minimum atomic E-state index is -2.14. The van der Waals surface area contributed by atoms with Gasteiger partial charge in [0.1, 0.15) is 5.75 Å². The number of benzene rings is 2. The van der Waals surface area contributed by atoms with Gasteiger partial charge in [-0.15, -0.1) is 0 Å². The maximum Gasteiger partial charge on any atom is 0.260 e. The molecule has 1 aliphatic heterocycles. The molecule has 0 saturated heterocycles. The SMILES string of the molecule is CC(C)[Si](Oc1cc(CNC=C2C(=O)NC(=O)c3ccc(I)cc32)ccc1N)(C(C)C)C(C)C. The molecule has 4 N–H and O–H groups in total. The van der Waals surface area contributed by atoms with Gasteiger partial charge < -0.3 is 15.5 Å². The molecule has 0 saturated carbocycles. The van der Waals surface area contributed by atoms with Crippen molar-refractivity contribution in [1.82, 2.24) is 10.6 Å². The van der Waals surface area contributed by atoms with Crippen LogP contribution in [0.3, 0.4) is 0 Å². The van der Waals surface area contributed by atoms with Crippen LogP contribution >= 0.6 is 22.6 Å². The van der Waals surface area contributed by atoms with Gasteiger partial charge in [-0.25, -0.2) is 0 Å². The zero-order chi connectivity index (χ0) is 25.2. The van der Waals surface area contributed by atoms with Crippen LogP contribution in [-0.2, 0) is 11.3 Å². The summed E-state index contributed by atoms with van der Waals surface area (Å²) in [6.07, 6.45) is 1.67. The van der Waals surface area contributed by atoms with Crippen molar-refractivity contribution in [2.75, 3.05) is 5.73 Å². The maximum atomic E-state index is 12.5. The third-order valence-corrected chi connectivity index (χ3v) is 13.3. The Morgan fingerprint density at radius 2 is 1.62 bits per heavy atom. The summed E-state index contributed by atoms with van der Waals surface area (Å²) >= 11 is 2.17. The fourth-order valence-corrected chi connectivity index (χ4v) is 10.8. The van der Waals surface area contributed by atoms with Crippen LogP contribution in [0.25, 0.3) is 5.57 Å². The van der Waals surface area contributed by atoms with E-state index in [1.54, 1.807) is 12.3 Å². The predicted molar refractivity (Wildman–Crippen MR) is 149 cm³/mol. The molecule has 0 atom stereocenters. The standard InChI is InChI=1S/C26H34IN3O3Si/c1-15(2)34(16(3)4,17(5)6)33-24-11-18(7-10-23(24)28)13-29-14-22-21-12-19(27)8-9-20(21)25(31)30-26(22)32/h7-12,14-17,29H,13,28H2,1-6H3,(H,30,31,32). The van der Waals surface area contributed by atoms with Gasteiger partial charge in [0.15, 0.2) is 0 Å². The predicted octanol–water partition coefficient (Wildman–Crippen LogP) is 5.83. The number of rotatable bonds is 8. The van der Waals surface area contributed by atoms with E-state index in [9.17, 15) is 9.59 Å². The van der Waals surface area contributed by atoms with Crippen molar-refractivity contribution < 1.29 is 14.0 Å². The number of hydrogen-bond donors (Lipinski definition) is 3. The summed E-state index contributed by atoms with van der Waals surface area (Å²) in [5.41, 5.74) is 10.8. The van der Waals surface area contributed by atoms with E-state index < -0.39 is 14.2 Å². The molecule has 2 amide bonds. The number of hydrogen-bond acceptors (Lipinski definition) is 5. The van der Waals surface area contributed by atoms with Gasteiger partial charge in [-0.3, -0.25) is 14.9 Å². The lowest BCUT2D eigenvalue weighted by Crippen LogP contribution is -2.50. The number of halogens is 1. The molecule has 2 aromatic rings. The Hall–Kier alpha value is -2.33. The molecule has 0 aliphatic carbocycles. The highest BCUT2D eigenvalue weighted by atomic mass is 127. The third kappa shape index (κ3) is 5.17. The van der Waals surface area contributed by atoms with Gasteiger partial charge in [0.2, 0.25) is 0 Å². The molecule has 2 aromatic carbocycles. The summed E-state index contributed by atoms with van der Waals surface area (Å²) in [6.45, 7) is 14.0. The van der Waals surface area contributed by atoms with E-state index in [2.05, 4.69) is 74.8 Å². The van der Waals surface area contributed by atoms with Gasteiger partial charge in [-0.1, -0.05) is 47.6 Å². The molecule has 3 rings (SSSR count). The van der Waals surface area contributed by atoms with E-state index >= 15 is 0 Å². The number of anilines is 1. The fraction of sp³-hybridized carbons (Fsp3) is 0.385. The van der Waals surface area contributed by atoms with E-state index in [0.29, 0.717) is 45.6 Å². The van der Waals surface area contributed by atoms with E-state index in [0.717, 1.165) is 14.9 Å². The Balaban J connectivity index is 1.85. The number of nitrogens with one attached hydrogen (secondary N) is 2. The molecule has 8 heteroatoms. The van der Waals surface area contributed by atoms with Gasteiger partial charge in [0.25, 0.3) is 20.1 Å². The molecular formula is C26H34IN3O3Si. The highest BCUT2D eigenvalue weighted by Gasteiger charge is 2.47. The van der Waals surface area contributed by atoms with E-state index in [1.807, 2.05) is 30.3 Å². The molecule has 0 bridgehead atoms. The van der Waals surface area contributed by atoms with Gasteiger partial charge >= 0.3 is 0 Å². The zero-order valence-electron chi connectivity index (χ0n) is 20.7. The molecule has 182 valence electrons. The van der Waals surface area contributed by atoms with Crippen LogP contribution in [-0.4, -0.2) is 20.1 Å². The zero-order valence-corrected chi connectivity index (χ0v) is 23.8. The number of imide groups is 1. The van der Waals surface area contributed by atoms with Crippen LogP contribution < -0.4 is 20.8 Å². The molecule has 0 spiro atoms. The molecule has 6 nitrogen and oxygen atoms in total. The monoisotopic (exact) mass is 591 g/mol. The molecule has 34 heavy (non-hydrogen) atoms. The number of fused-ring (bicyclic) bond motifs is 1. The average molecular weight is 592 g/mol. The number of amides is 2. The highest BCUT2D eigenvalue weighted by molar-refractivity contribution is 14.1. The van der Waals surface area contributed by atoms with Crippen molar-refractivity contribution in [3.05, 3.63) is 62.9 Å². The summed E-state index contributed by atoms with van der Waals surface area (Å²) in [5, 5.41) is 5.64. The fourth-order valence-electron chi connectivity index (χ4n) is 5.03. The summed E-state index contributed by atoms with van der Waals surface area (Å²) in [4.78, 5) is 24.7. The largest absolute Gasteiger partial charge is 0.541 e. The minimum absolute atomic E-state index is 0.373. The normalized spacial score (nSPS) is 15.2. The van der Waals surface area contributed by atoms with E-state index in [4.69, 9.17) is 10.2 Å². The molecule has 1 aliphatic rings. The number of carbonyl (C=O) groups excluding carboxylic acids is 2. The summed E-state index contributed by atoms with van der Waals surface area (Å²) in [7, 11) is -2.14. The van der Waals surface area contributed by atoms with Crippen molar-refractivity contribution in [3.8, 4) is 5.75 Å². The van der Waals surface area contributed by atoms with Gasteiger partial charge in [-0.2, -0.15) is 0 Å². The first-order valence-corrected chi connectivity index (χ1v) is 14.9. The van der Waals surface area contributed by atoms with Crippen LogP contribution in [0, 0.1) is 3.57 Å². The number of carbonyl (C=O) groups is 2. The molecule has 0 unspecified atom stereocenters. The highest BCUT2D eigenvalue weighted by Crippen LogP contribution is 2.44. The summed E-state index contributed by atoms with van der Waals surface area (Å²) < 4.78 is 7.77. The lowest BCUT2D eigenvalue weighted by atomic mass is 9.95. The first-order valence-electron chi connectivity index (χ1n) is 11.6. The lowest BCUT2D eigenvalue weighted by molar-refractivity contribution is -0.114. The second kappa shape index (κ2) is 10.5. The topological polar surface area (TPSA) is 93.5 Å². The average Bonchev–Trinajstić information content (AvgIpc) is 2.75. The van der Waals surface area contributed by atoms with E-state index in [1.165, 1.54) is 0 Å². The van der Waals surface area contributed by atoms with Crippen LogP contribution in [0.4, 0.5) is 5.69 Å². The molecule has 0 fully saturated rings. The molecule has 1 heterocycles. The lowest BCUT2D eigenvalue weighted by Gasteiger charge is -2.42. The number of nitrogen functional groups attached to an aromatic ring is 1. The Morgan fingerprint density at radius 3 is 2.24 bits per heavy atom. The molecule has 0 aromatic heterocycles. The molecular weight excluding hydrogens is 557 g/mol. The third-order valence-electron chi connectivity index (χ3n) is 6.61. The van der Waals surface area contributed by atoms with Crippen molar-refractivity contribution in [2.45, 2.75) is 64.7 Å². The Kier molecular flexibility index (Phi) is 8.13.